The maximum Gasteiger partial charge on any atom is 0.322 e. The van der Waals surface area contributed by atoms with E-state index in [0.29, 0.717) is 5.56 Å². The fraction of sp³-hybridized carbons (Fsp3) is 0.0667. The van der Waals surface area contributed by atoms with Crippen LogP contribution in [0, 0.1) is 0 Å². The van der Waals surface area contributed by atoms with Gasteiger partial charge in [-0.3, -0.25) is 9.59 Å². The minimum Gasteiger partial charge on any atom is -0.480 e. The van der Waals surface area contributed by atoms with Crippen LogP contribution in [-0.2, 0) is 9.59 Å². The first-order valence-corrected chi connectivity index (χ1v) is 7.74. The molecule has 2 aromatic carbocycles. The topological polar surface area (TPSA) is 74.6 Å². The molecule has 1 aliphatic rings. The Morgan fingerprint density at radius 1 is 0.810 bits per heavy atom. The van der Waals surface area contributed by atoms with Crippen LogP contribution in [-0.4, -0.2) is 22.2 Å². The van der Waals surface area contributed by atoms with Crippen molar-refractivity contribution in [2.24, 2.45) is 0 Å². The third-order valence-corrected chi connectivity index (χ3v) is 5.63. The molecule has 1 aliphatic heterocycles. The van der Waals surface area contributed by atoms with Gasteiger partial charge in [-0.1, -0.05) is 41.7 Å². The Bertz CT molecular complexity index is 728. The number of carbonyl (C=O) groups is 2. The predicted molar refractivity (Wildman–Crippen MR) is 79.1 cm³/mol. The summed E-state index contributed by atoms with van der Waals surface area (Å²) in [6.45, 7) is 0. The van der Waals surface area contributed by atoms with Crippen LogP contribution in [0.4, 0.5) is 0 Å². The van der Waals surface area contributed by atoms with E-state index in [-0.39, 0.29) is 0 Å². The molecule has 21 heavy (non-hydrogen) atoms. The number of carboxylic acids is 2. The molecule has 3 rings (SSSR count). The highest BCUT2D eigenvalue weighted by atomic mass is 32.2. The largest absolute Gasteiger partial charge is 0.480 e. The molecule has 0 amide bonds. The molecule has 0 saturated carbocycles. The van der Waals surface area contributed by atoms with Gasteiger partial charge in [0.2, 0.25) is 0 Å². The maximum atomic E-state index is 11.1. The molecule has 0 aromatic heterocycles. The van der Waals surface area contributed by atoms with Gasteiger partial charge in [-0.15, -0.1) is 0 Å². The van der Waals surface area contributed by atoms with Crippen LogP contribution in [0.15, 0.2) is 62.0 Å². The van der Waals surface area contributed by atoms with Gasteiger partial charge in [-0.05, 0) is 29.8 Å². The molecule has 0 saturated heterocycles. The van der Waals surface area contributed by atoms with Crippen LogP contribution in [0.5, 0.6) is 0 Å². The molecule has 0 radical (unpaired) electrons. The molecule has 0 aliphatic carbocycles. The Kier molecular flexibility index (Phi) is 3.65. The lowest BCUT2D eigenvalue weighted by Crippen LogP contribution is -2.21. The molecule has 6 heteroatoms. The Morgan fingerprint density at radius 2 is 1.33 bits per heavy atom. The average Bonchev–Trinajstić information content (AvgIpc) is 2.44. The van der Waals surface area contributed by atoms with Crippen LogP contribution in [0.3, 0.4) is 0 Å². The smallest absolute Gasteiger partial charge is 0.322 e. The Hall–Kier alpha value is -1.92. The van der Waals surface area contributed by atoms with Crippen molar-refractivity contribution >= 4 is 35.5 Å². The fourth-order valence-electron chi connectivity index (χ4n) is 2.11. The third-order valence-electron chi connectivity index (χ3n) is 3.08. The fourth-order valence-corrected chi connectivity index (χ4v) is 4.38. The summed E-state index contributed by atoms with van der Waals surface area (Å²) < 4.78 is 0. The third kappa shape index (κ3) is 2.64. The van der Waals surface area contributed by atoms with Crippen molar-refractivity contribution in [2.75, 3.05) is 0 Å². The Morgan fingerprint density at radius 3 is 1.90 bits per heavy atom. The van der Waals surface area contributed by atoms with E-state index in [4.69, 9.17) is 10.2 Å². The summed E-state index contributed by atoms with van der Waals surface area (Å²) in [5, 5.41) is 18.1. The Balaban J connectivity index is 2.00. The van der Waals surface area contributed by atoms with Gasteiger partial charge in [0.05, 0.1) is 0 Å². The molecule has 106 valence electrons. The van der Waals surface area contributed by atoms with E-state index < -0.39 is 17.9 Å². The number of hydrogen-bond acceptors (Lipinski definition) is 4. The van der Waals surface area contributed by atoms with Gasteiger partial charge in [0.25, 0.3) is 0 Å². The van der Waals surface area contributed by atoms with Crippen LogP contribution in [0.1, 0.15) is 11.5 Å². The highest BCUT2D eigenvalue weighted by molar-refractivity contribution is 8.05. The monoisotopic (exact) mass is 318 g/mol. The number of aliphatic carboxylic acids is 2. The molecule has 2 aromatic rings. The number of carboxylic acid groups (broad SMARTS) is 2. The van der Waals surface area contributed by atoms with Crippen molar-refractivity contribution in [3.05, 3.63) is 48.0 Å². The highest BCUT2D eigenvalue weighted by Crippen LogP contribution is 2.48. The summed E-state index contributed by atoms with van der Waals surface area (Å²) in [4.78, 5) is 26.4. The minimum atomic E-state index is -1.53. The number of fused-ring (bicyclic) bond motifs is 2. The molecule has 0 bridgehead atoms. The van der Waals surface area contributed by atoms with Crippen LogP contribution in [0.2, 0.25) is 0 Å². The maximum absolute atomic E-state index is 11.1. The van der Waals surface area contributed by atoms with Crippen molar-refractivity contribution in [1.82, 2.24) is 0 Å². The van der Waals surface area contributed by atoms with Gasteiger partial charge in [0.1, 0.15) is 0 Å². The van der Waals surface area contributed by atoms with E-state index in [9.17, 15) is 9.59 Å². The predicted octanol–water partition coefficient (Wildman–Crippen LogP) is 3.56. The van der Waals surface area contributed by atoms with Gasteiger partial charge < -0.3 is 10.2 Å². The summed E-state index contributed by atoms with van der Waals surface area (Å²) in [6, 6.07) is 13.0. The van der Waals surface area contributed by atoms with Crippen LogP contribution < -0.4 is 0 Å². The number of hydrogen-bond donors (Lipinski definition) is 2. The first kappa shape index (κ1) is 14.0. The SMILES string of the molecule is O=C(O)C(C(=O)O)c1ccc2c(c1)Sc1ccccc1S2. The van der Waals surface area contributed by atoms with Gasteiger partial charge in [0, 0.05) is 19.6 Å². The lowest BCUT2D eigenvalue weighted by atomic mass is 10.00. The van der Waals surface area contributed by atoms with E-state index in [0.717, 1.165) is 19.6 Å². The first-order valence-electron chi connectivity index (χ1n) is 6.10. The lowest BCUT2D eigenvalue weighted by Gasteiger charge is -2.19. The van der Waals surface area contributed by atoms with Crippen molar-refractivity contribution in [1.29, 1.82) is 0 Å². The standard InChI is InChI=1S/C15H10O4S2/c16-14(17)13(15(18)19)8-5-6-11-12(7-8)21-10-4-2-1-3-9(10)20-11/h1-7,13H,(H,16,17)(H,18,19). The second kappa shape index (κ2) is 5.46. The Labute approximate surface area is 129 Å². The summed E-state index contributed by atoms with van der Waals surface area (Å²) in [7, 11) is 0. The van der Waals surface area contributed by atoms with Crippen LogP contribution in [0.25, 0.3) is 0 Å². The number of rotatable bonds is 3. The van der Waals surface area contributed by atoms with Crippen molar-refractivity contribution in [3.63, 3.8) is 0 Å². The molecule has 0 atom stereocenters. The lowest BCUT2D eigenvalue weighted by molar-refractivity contribution is -0.150. The molecule has 4 nitrogen and oxygen atoms in total. The quantitative estimate of drug-likeness (QED) is 0.719. The van der Waals surface area contributed by atoms with Gasteiger partial charge in [-0.25, -0.2) is 0 Å². The molecule has 1 heterocycles. The summed E-state index contributed by atoms with van der Waals surface area (Å²) in [6.07, 6.45) is 0. The van der Waals surface area contributed by atoms with Crippen molar-refractivity contribution < 1.29 is 19.8 Å². The van der Waals surface area contributed by atoms with Gasteiger partial charge >= 0.3 is 11.9 Å². The van der Waals surface area contributed by atoms with E-state index in [2.05, 4.69) is 0 Å². The van der Waals surface area contributed by atoms with Crippen LogP contribution >= 0.6 is 23.5 Å². The van der Waals surface area contributed by atoms with Gasteiger partial charge in [0.15, 0.2) is 5.92 Å². The van der Waals surface area contributed by atoms with Crippen molar-refractivity contribution in [3.8, 4) is 0 Å². The zero-order chi connectivity index (χ0) is 15.0. The zero-order valence-corrected chi connectivity index (χ0v) is 12.3. The summed E-state index contributed by atoms with van der Waals surface area (Å²) in [5.41, 5.74) is 0.293. The average molecular weight is 318 g/mol. The molecule has 0 spiro atoms. The highest BCUT2D eigenvalue weighted by Gasteiger charge is 2.29. The van der Waals surface area contributed by atoms with E-state index in [1.165, 1.54) is 11.8 Å². The number of benzene rings is 2. The minimum absolute atomic E-state index is 0.293. The van der Waals surface area contributed by atoms with E-state index in [1.54, 1.807) is 30.0 Å². The second-order valence-corrected chi connectivity index (χ2v) is 6.63. The molecular weight excluding hydrogens is 308 g/mol. The summed E-state index contributed by atoms with van der Waals surface area (Å²) >= 11 is 3.13. The zero-order valence-electron chi connectivity index (χ0n) is 10.6. The molecule has 0 fully saturated rings. The van der Waals surface area contributed by atoms with Crippen molar-refractivity contribution in [2.45, 2.75) is 25.5 Å². The molecule has 2 N–H and O–H groups in total. The molecule has 0 unspecified atom stereocenters. The normalized spacial score (nSPS) is 12.6. The van der Waals surface area contributed by atoms with E-state index >= 15 is 0 Å². The first-order chi connectivity index (χ1) is 10.1. The molecular formula is C15H10O4S2. The summed E-state index contributed by atoms with van der Waals surface area (Å²) in [5.74, 6) is -4.23. The second-order valence-electron chi connectivity index (χ2n) is 4.47. The van der Waals surface area contributed by atoms with E-state index in [1.807, 2.05) is 24.3 Å². The van der Waals surface area contributed by atoms with Gasteiger partial charge in [-0.2, -0.15) is 0 Å².